The number of ether oxygens (including phenoxy) is 1. The van der Waals surface area contributed by atoms with Gasteiger partial charge in [0, 0.05) is 32.1 Å². The summed E-state index contributed by atoms with van der Waals surface area (Å²) in [5, 5.41) is 2.91. The van der Waals surface area contributed by atoms with Crippen molar-refractivity contribution in [2.45, 2.75) is 26.2 Å². The third-order valence-electron chi connectivity index (χ3n) is 2.73. The number of carbonyl (C=O) groups is 1. The summed E-state index contributed by atoms with van der Waals surface area (Å²) in [5.41, 5.74) is 0.209. The van der Waals surface area contributed by atoms with Gasteiger partial charge in [0.1, 0.15) is 0 Å². The molecule has 82 valence electrons. The first kappa shape index (κ1) is 11.8. The monoisotopic (exact) mass is 219 g/mol. The zero-order chi connectivity index (χ0) is 10.4. The predicted octanol–water partition coefficient (Wildman–Crippen LogP) is 1.55. The number of hydrogen-bond acceptors (Lipinski definition) is 2. The van der Waals surface area contributed by atoms with Crippen LogP contribution in [0.3, 0.4) is 0 Å². The second-order valence-corrected chi connectivity index (χ2v) is 4.52. The molecule has 1 rings (SSSR count). The van der Waals surface area contributed by atoms with Crippen molar-refractivity contribution in [1.82, 2.24) is 5.32 Å². The van der Waals surface area contributed by atoms with Crippen LogP contribution in [0.25, 0.3) is 0 Å². The minimum absolute atomic E-state index is 0.0488. The molecule has 1 amide bonds. The molecule has 0 aromatic heterocycles. The lowest BCUT2D eigenvalue weighted by Crippen LogP contribution is -2.39. The molecule has 0 aliphatic carbocycles. The highest BCUT2D eigenvalue weighted by Gasteiger charge is 2.27. The molecule has 0 spiro atoms. The lowest BCUT2D eigenvalue weighted by Gasteiger charge is -2.33. The predicted molar refractivity (Wildman–Crippen MR) is 56.5 cm³/mol. The van der Waals surface area contributed by atoms with Gasteiger partial charge < -0.3 is 10.1 Å². The molecule has 1 saturated heterocycles. The van der Waals surface area contributed by atoms with E-state index in [4.69, 9.17) is 16.3 Å². The largest absolute Gasteiger partial charge is 0.381 e. The van der Waals surface area contributed by atoms with E-state index in [1.807, 2.05) is 0 Å². The lowest BCUT2D eigenvalue weighted by atomic mass is 9.82. The molecular formula is C10H18ClNO2. The van der Waals surface area contributed by atoms with Gasteiger partial charge in [-0.2, -0.15) is 0 Å². The van der Waals surface area contributed by atoms with Crippen LogP contribution in [0.1, 0.15) is 26.2 Å². The van der Waals surface area contributed by atoms with E-state index >= 15 is 0 Å². The highest BCUT2D eigenvalue weighted by molar-refractivity contribution is 6.18. The van der Waals surface area contributed by atoms with Crippen LogP contribution in [0.2, 0.25) is 0 Å². The third kappa shape index (κ3) is 3.84. The van der Waals surface area contributed by atoms with E-state index in [0.717, 1.165) is 32.6 Å². The van der Waals surface area contributed by atoms with E-state index in [1.54, 1.807) is 0 Å². The smallest absolute Gasteiger partial charge is 0.221 e. The van der Waals surface area contributed by atoms with Gasteiger partial charge in [-0.25, -0.2) is 0 Å². The summed E-state index contributed by atoms with van der Waals surface area (Å²) in [6.07, 6.45) is 2.45. The minimum atomic E-state index is 0.0488. The van der Waals surface area contributed by atoms with Crippen LogP contribution in [0, 0.1) is 5.41 Å². The van der Waals surface area contributed by atoms with Crippen molar-refractivity contribution < 1.29 is 9.53 Å². The standard InChI is InChI=1S/C10H18ClNO2/c1-10(3-6-14-7-4-10)8-12-9(13)2-5-11/h2-8H2,1H3,(H,12,13). The third-order valence-corrected chi connectivity index (χ3v) is 2.92. The van der Waals surface area contributed by atoms with E-state index in [0.29, 0.717) is 12.3 Å². The fraction of sp³-hybridized carbons (Fsp3) is 0.900. The first-order valence-electron chi connectivity index (χ1n) is 5.07. The van der Waals surface area contributed by atoms with Gasteiger partial charge in [0.2, 0.25) is 5.91 Å². The maximum absolute atomic E-state index is 11.2. The maximum atomic E-state index is 11.2. The van der Waals surface area contributed by atoms with Crippen LogP contribution >= 0.6 is 11.6 Å². The van der Waals surface area contributed by atoms with Gasteiger partial charge in [0.25, 0.3) is 0 Å². The lowest BCUT2D eigenvalue weighted by molar-refractivity contribution is -0.121. The van der Waals surface area contributed by atoms with Crippen LogP contribution in [0.15, 0.2) is 0 Å². The molecule has 1 N–H and O–H groups in total. The average Bonchev–Trinajstić information content (AvgIpc) is 2.17. The molecule has 1 aliphatic rings. The Morgan fingerprint density at radius 1 is 1.50 bits per heavy atom. The van der Waals surface area contributed by atoms with Crippen LogP contribution in [-0.4, -0.2) is 31.5 Å². The zero-order valence-electron chi connectivity index (χ0n) is 8.64. The van der Waals surface area contributed by atoms with Crippen LogP contribution < -0.4 is 5.32 Å². The Kier molecular flexibility index (Phi) is 4.69. The molecule has 0 bridgehead atoms. The molecule has 0 aromatic rings. The number of hydrogen-bond donors (Lipinski definition) is 1. The van der Waals surface area contributed by atoms with Crippen LogP contribution in [0.5, 0.6) is 0 Å². The van der Waals surface area contributed by atoms with E-state index in [-0.39, 0.29) is 11.3 Å². The zero-order valence-corrected chi connectivity index (χ0v) is 9.40. The van der Waals surface area contributed by atoms with E-state index in [1.165, 1.54) is 0 Å². The molecule has 0 atom stereocenters. The minimum Gasteiger partial charge on any atom is -0.381 e. The van der Waals surface area contributed by atoms with Gasteiger partial charge >= 0.3 is 0 Å². The van der Waals surface area contributed by atoms with Crippen molar-refractivity contribution in [3.8, 4) is 0 Å². The molecule has 3 nitrogen and oxygen atoms in total. The Morgan fingerprint density at radius 3 is 2.71 bits per heavy atom. The molecule has 0 aromatic carbocycles. The van der Waals surface area contributed by atoms with Crippen molar-refractivity contribution in [3.63, 3.8) is 0 Å². The molecule has 14 heavy (non-hydrogen) atoms. The number of nitrogens with one attached hydrogen (secondary N) is 1. The molecule has 4 heteroatoms. The summed E-state index contributed by atoms with van der Waals surface area (Å²) in [6.45, 7) is 4.55. The molecule has 1 fully saturated rings. The Balaban J connectivity index is 2.24. The highest BCUT2D eigenvalue weighted by atomic mass is 35.5. The molecule has 0 unspecified atom stereocenters. The summed E-state index contributed by atoms with van der Waals surface area (Å²) < 4.78 is 5.29. The summed E-state index contributed by atoms with van der Waals surface area (Å²) in [4.78, 5) is 11.2. The fourth-order valence-corrected chi connectivity index (χ4v) is 1.70. The van der Waals surface area contributed by atoms with Gasteiger partial charge in [-0.3, -0.25) is 4.79 Å². The van der Waals surface area contributed by atoms with E-state index in [9.17, 15) is 4.79 Å². The summed E-state index contributed by atoms with van der Waals surface area (Å²) in [7, 11) is 0. The Bertz CT molecular complexity index is 191. The number of carbonyl (C=O) groups excluding carboxylic acids is 1. The second kappa shape index (κ2) is 5.56. The summed E-state index contributed by atoms with van der Waals surface area (Å²) >= 11 is 5.47. The quantitative estimate of drug-likeness (QED) is 0.729. The number of rotatable bonds is 4. The van der Waals surface area contributed by atoms with Gasteiger partial charge in [-0.05, 0) is 18.3 Å². The van der Waals surface area contributed by atoms with E-state index in [2.05, 4.69) is 12.2 Å². The summed E-state index contributed by atoms with van der Waals surface area (Å²) in [6, 6.07) is 0. The van der Waals surface area contributed by atoms with Crippen molar-refractivity contribution in [1.29, 1.82) is 0 Å². The molecule has 0 saturated carbocycles. The highest BCUT2D eigenvalue weighted by Crippen LogP contribution is 2.28. The molecule has 1 aliphatic heterocycles. The van der Waals surface area contributed by atoms with Gasteiger partial charge in [0.05, 0.1) is 0 Å². The Labute approximate surface area is 90.1 Å². The van der Waals surface area contributed by atoms with Gasteiger partial charge in [-0.1, -0.05) is 6.92 Å². The first-order valence-corrected chi connectivity index (χ1v) is 5.60. The SMILES string of the molecule is CC1(CNC(=O)CCCl)CCOCC1. The first-order chi connectivity index (χ1) is 6.66. The average molecular weight is 220 g/mol. The molecule has 1 heterocycles. The number of halogens is 1. The van der Waals surface area contributed by atoms with Gasteiger partial charge in [0.15, 0.2) is 0 Å². The fourth-order valence-electron chi connectivity index (χ4n) is 1.53. The normalized spacial score (nSPS) is 20.4. The van der Waals surface area contributed by atoms with Crippen molar-refractivity contribution >= 4 is 17.5 Å². The topological polar surface area (TPSA) is 38.3 Å². The van der Waals surface area contributed by atoms with E-state index < -0.39 is 0 Å². The second-order valence-electron chi connectivity index (χ2n) is 4.14. The Hall–Kier alpha value is -0.280. The van der Waals surface area contributed by atoms with Crippen molar-refractivity contribution in [2.24, 2.45) is 5.41 Å². The van der Waals surface area contributed by atoms with Crippen LogP contribution in [-0.2, 0) is 9.53 Å². The van der Waals surface area contributed by atoms with Crippen molar-refractivity contribution in [3.05, 3.63) is 0 Å². The Morgan fingerprint density at radius 2 is 2.14 bits per heavy atom. The molecule has 0 radical (unpaired) electrons. The van der Waals surface area contributed by atoms with Crippen molar-refractivity contribution in [2.75, 3.05) is 25.6 Å². The summed E-state index contributed by atoms with van der Waals surface area (Å²) in [5.74, 6) is 0.443. The van der Waals surface area contributed by atoms with Crippen LogP contribution in [0.4, 0.5) is 0 Å². The maximum Gasteiger partial charge on any atom is 0.221 e. The number of alkyl halides is 1. The number of amides is 1. The van der Waals surface area contributed by atoms with Gasteiger partial charge in [-0.15, -0.1) is 11.6 Å². The molecular weight excluding hydrogens is 202 g/mol.